The van der Waals surface area contributed by atoms with Gasteiger partial charge in [0.1, 0.15) is 11.6 Å². The zero-order valence-electron chi connectivity index (χ0n) is 9.69. The fourth-order valence-electron chi connectivity index (χ4n) is 1.82. The van der Waals surface area contributed by atoms with Gasteiger partial charge < -0.3 is 16.4 Å². The van der Waals surface area contributed by atoms with Crippen LogP contribution in [-0.2, 0) is 0 Å². The molecule has 16 heavy (non-hydrogen) atoms. The van der Waals surface area contributed by atoms with Crippen LogP contribution in [0.5, 0.6) is 0 Å². The molecule has 5 nitrogen and oxygen atoms in total. The molecule has 1 aliphatic rings. The first-order valence-electron chi connectivity index (χ1n) is 5.87. The van der Waals surface area contributed by atoms with Crippen molar-refractivity contribution in [2.24, 2.45) is 0 Å². The third-order valence-corrected chi connectivity index (χ3v) is 2.78. The van der Waals surface area contributed by atoms with Crippen LogP contribution in [0, 0.1) is 0 Å². The highest BCUT2D eigenvalue weighted by Gasteiger charge is 2.29. The molecule has 1 aromatic heterocycles. The minimum Gasteiger partial charge on any atom is -0.383 e. The number of nitrogens with two attached hydrogens (primary N) is 2. The molecule has 0 bridgehead atoms. The first-order chi connectivity index (χ1) is 7.70. The van der Waals surface area contributed by atoms with E-state index in [0.29, 0.717) is 11.9 Å². The number of hydrogen-bond donors (Lipinski definition) is 2. The lowest BCUT2D eigenvalue weighted by atomic mass is 10.3. The molecule has 0 spiro atoms. The second-order valence-corrected chi connectivity index (χ2v) is 4.29. The molecule has 1 fully saturated rings. The summed E-state index contributed by atoms with van der Waals surface area (Å²) in [5, 5.41) is 0. The van der Waals surface area contributed by atoms with E-state index in [2.05, 4.69) is 21.8 Å². The van der Waals surface area contributed by atoms with Gasteiger partial charge in [-0.05, 0) is 19.3 Å². The summed E-state index contributed by atoms with van der Waals surface area (Å²) in [7, 11) is 0. The predicted molar refractivity (Wildman–Crippen MR) is 66.1 cm³/mol. The smallest absolute Gasteiger partial charge is 0.223 e. The van der Waals surface area contributed by atoms with Gasteiger partial charge in [-0.2, -0.15) is 9.97 Å². The van der Waals surface area contributed by atoms with Gasteiger partial charge in [0, 0.05) is 18.7 Å². The monoisotopic (exact) mass is 221 g/mol. The Hall–Kier alpha value is -1.52. The highest BCUT2D eigenvalue weighted by molar-refractivity contribution is 5.51. The van der Waals surface area contributed by atoms with Gasteiger partial charge in [-0.25, -0.2) is 0 Å². The molecule has 5 heteroatoms. The molecule has 88 valence electrons. The Labute approximate surface area is 95.9 Å². The summed E-state index contributed by atoms with van der Waals surface area (Å²) in [6.45, 7) is 3.21. The van der Waals surface area contributed by atoms with E-state index < -0.39 is 0 Å². The van der Waals surface area contributed by atoms with Crippen LogP contribution in [0.2, 0.25) is 0 Å². The summed E-state index contributed by atoms with van der Waals surface area (Å²) < 4.78 is 0. The molecule has 0 saturated heterocycles. The predicted octanol–water partition coefficient (Wildman–Crippen LogP) is 1.41. The van der Waals surface area contributed by atoms with E-state index in [4.69, 9.17) is 11.5 Å². The normalized spacial score (nSPS) is 15.1. The summed E-state index contributed by atoms with van der Waals surface area (Å²) in [5.74, 6) is 1.59. The standard InChI is InChI=1S/C11H19N5/c1-2-3-6-16(8-4-5-8)10-7-9(12)14-11(13)15-10/h7-8H,2-6H2,1H3,(H4,12,13,14,15). The van der Waals surface area contributed by atoms with Gasteiger partial charge in [0.05, 0.1) is 0 Å². The number of hydrogen-bond acceptors (Lipinski definition) is 5. The summed E-state index contributed by atoms with van der Waals surface area (Å²) in [6, 6.07) is 2.44. The number of nitrogen functional groups attached to an aromatic ring is 2. The number of unbranched alkanes of at least 4 members (excludes halogenated alkanes) is 1. The third kappa shape index (κ3) is 2.53. The highest BCUT2D eigenvalue weighted by atomic mass is 15.3. The summed E-state index contributed by atoms with van der Waals surface area (Å²) >= 11 is 0. The second-order valence-electron chi connectivity index (χ2n) is 4.29. The molecule has 1 saturated carbocycles. The first-order valence-corrected chi connectivity index (χ1v) is 5.87. The molecule has 1 heterocycles. The molecule has 1 aliphatic carbocycles. The van der Waals surface area contributed by atoms with E-state index in [1.807, 2.05) is 6.07 Å². The van der Waals surface area contributed by atoms with Crippen LogP contribution in [0.25, 0.3) is 0 Å². The van der Waals surface area contributed by atoms with Gasteiger partial charge in [0.15, 0.2) is 0 Å². The average molecular weight is 221 g/mol. The number of anilines is 3. The van der Waals surface area contributed by atoms with Gasteiger partial charge in [0.2, 0.25) is 5.95 Å². The van der Waals surface area contributed by atoms with Crippen LogP contribution in [0.1, 0.15) is 32.6 Å². The van der Waals surface area contributed by atoms with E-state index in [1.54, 1.807) is 0 Å². The Bertz CT molecular complexity index is 341. The van der Waals surface area contributed by atoms with E-state index in [1.165, 1.54) is 25.7 Å². The van der Waals surface area contributed by atoms with Crippen molar-refractivity contribution in [2.45, 2.75) is 38.6 Å². The molecular weight excluding hydrogens is 202 g/mol. The van der Waals surface area contributed by atoms with Crippen LogP contribution in [0.3, 0.4) is 0 Å². The van der Waals surface area contributed by atoms with Crippen molar-refractivity contribution in [3.63, 3.8) is 0 Å². The van der Waals surface area contributed by atoms with E-state index >= 15 is 0 Å². The molecule has 4 N–H and O–H groups in total. The number of aromatic nitrogens is 2. The zero-order valence-corrected chi connectivity index (χ0v) is 9.69. The van der Waals surface area contributed by atoms with Crippen molar-refractivity contribution in [3.05, 3.63) is 6.07 Å². The molecular formula is C11H19N5. The van der Waals surface area contributed by atoms with Gasteiger partial charge in [-0.3, -0.25) is 0 Å². The van der Waals surface area contributed by atoms with Gasteiger partial charge in [-0.1, -0.05) is 13.3 Å². The van der Waals surface area contributed by atoms with Crippen LogP contribution in [-0.4, -0.2) is 22.6 Å². The molecule has 0 atom stereocenters. The quantitative estimate of drug-likeness (QED) is 0.785. The largest absolute Gasteiger partial charge is 0.383 e. The lowest BCUT2D eigenvalue weighted by molar-refractivity contribution is 0.704. The van der Waals surface area contributed by atoms with Crippen LogP contribution in [0.4, 0.5) is 17.6 Å². The molecule has 0 radical (unpaired) electrons. The lowest BCUT2D eigenvalue weighted by Gasteiger charge is -2.23. The minimum atomic E-state index is 0.261. The molecule has 0 unspecified atom stereocenters. The van der Waals surface area contributed by atoms with Gasteiger partial charge in [0.25, 0.3) is 0 Å². The summed E-state index contributed by atoms with van der Waals surface area (Å²) in [5.41, 5.74) is 11.3. The topological polar surface area (TPSA) is 81.1 Å². The Balaban J connectivity index is 2.16. The molecule has 0 aliphatic heterocycles. The third-order valence-electron chi connectivity index (χ3n) is 2.78. The maximum atomic E-state index is 5.69. The average Bonchev–Trinajstić information content (AvgIpc) is 3.01. The Morgan fingerprint density at radius 3 is 2.69 bits per heavy atom. The van der Waals surface area contributed by atoms with Crippen molar-refractivity contribution in [1.29, 1.82) is 0 Å². The van der Waals surface area contributed by atoms with Crippen LogP contribution in [0.15, 0.2) is 6.07 Å². The van der Waals surface area contributed by atoms with Crippen molar-refractivity contribution < 1.29 is 0 Å². The van der Waals surface area contributed by atoms with Crippen LogP contribution < -0.4 is 16.4 Å². The maximum Gasteiger partial charge on any atom is 0.223 e. The summed E-state index contributed by atoms with van der Waals surface area (Å²) in [6.07, 6.45) is 4.83. The van der Waals surface area contributed by atoms with Crippen molar-refractivity contribution in [2.75, 3.05) is 22.9 Å². The van der Waals surface area contributed by atoms with Crippen molar-refractivity contribution in [3.8, 4) is 0 Å². The highest BCUT2D eigenvalue weighted by Crippen LogP contribution is 2.31. The van der Waals surface area contributed by atoms with Gasteiger partial charge >= 0.3 is 0 Å². The van der Waals surface area contributed by atoms with Crippen LogP contribution >= 0.6 is 0 Å². The fraction of sp³-hybridized carbons (Fsp3) is 0.636. The van der Waals surface area contributed by atoms with Crippen molar-refractivity contribution in [1.82, 2.24) is 9.97 Å². The number of rotatable bonds is 5. The first kappa shape index (κ1) is 11.0. The SMILES string of the molecule is CCCCN(c1cc(N)nc(N)n1)C1CC1. The van der Waals surface area contributed by atoms with Crippen molar-refractivity contribution >= 4 is 17.6 Å². The van der Waals surface area contributed by atoms with Gasteiger partial charge in [-0.15, -0.1) is 0 Å². The Kier molecular flexibility index (Phi) is 3.12. The Morgan fingerprint density at radius 1 is 1.38 bits per heavy atom. The van der Waals surface area contributed by atoms with E-state index in [0.717, 1.165) is 12.4 Å². The minimum absolute atomic E-state index is 0.261. The Morgan fingerprint density at radius 2 is 2.12 bits per heavy atom. The number of nitrogens with zero attached hydrogens (tertiary/aromatic N) is 3. The summed E-state index contributed by atoms with van der Waals surface area (Å²) in [4.78, 5) is 10.5. The van der Waals surface area contributed by atoms with E-state index in [9.17, 15) is 0 Å². The molecule has 0 amide bonds. The molecule has 0 aromatic carbocycles. The van der Waals surface area contributed by atoms with E-state index in [-0.39, 0.29) is 5.95 Å². The fourth-order valence-corrected chi connectivity index (χ4v) is 1.82. The second kappa shape index (κ2) is 4.55. The maximum absolute atomic E-state index is 5.69. The molecule has 1 aromatic rings. The molecule has 2 rings (SSSR count). The zero-order chi connectivity index (χ0) is 11.5. The lowest BCUT2D eigenvalue weighted by Crippen LogP contribution is -2.28.